The van der Waals surface area contributed by atoms with Gasteiger partial charge >= 0.3 is 6.03 Å². The van der Waals surface area contributed by atoms with Crippen LogP contribution in [0, 0.1) is 5.92 Å². The zero-order valence-electron chi connectivity index (χ0n) is 14.3. The lowest BCUT2D eigenvalue weighted by molar-refractivity contribution is -0.126. The second-order valence-corrected chi connectivity index (χ2v) is 7.18. The molecule has 2 atom stereocenters. The molecule has 130 valence electrons. The highest BCUT2D eigenvalue weighted by molar-refractivity contribution is 6.07. The number of nitrogens with zero attached hydrogens (tertiary/aromatic N) is 2. The number of urea groups is 1. The number of aromatic nitrogens is 1. The zero-order chi connectivity index (χ0) is 17.4. The van der Waals surface area contributed by atoms with Crippen LogP contribution in [0.3, 0.4) is 0 Å². The molecule has 2 aliphatic heterocycles. The van der Waals surface area contributed by atoms with E-state index < -0.39 is 5.54 Å². The second-order valence-electron chi connectivity index (χ2n) is 7.18. The third-order valence-corrected chi connectivity index (χ3v) is 5.50. The highest BCUT2D eigenvalue weighted by Crippen LogP contribution is 2.30. The molecule has 1 aromatic heterocycles. The Morgan fingerprint density at radius 2 is 2.12 bits per heavy atom. The predicted octanol–water partition coefficient (Wildman–Crippen LogP) is 2.04. The van der Waals surface area contributed by atoms with Crippen LogP contribution in [0.25, 0.3) is 10.9 Å². The lowest BCUT2D eigenvalue weighted by Gasteiger charge is -2.39. The monoisotopic (exact) mass is 338 g/mol. The van der Waals surface area contributed by atoms with Crippen LogP contribution in [-0.2, 0) is 11.3 Å². The van der Waals surface area contributed by atoms with Crippen LogP contribution in [0.2, 0.25) is 0 Å². The number of likely N-dealkylation sites (tertiary alicyclic amines) is 1. The van der Waals surface area contributed by atoms with Gasteiger partial charge in [-0.1, -0.05) is 24.3 Å². The molecule has 0 saturated carbocycles. The molecule has 0 aliphatic carbocycles. The standard InChI is InChI=1S/C19H22N4O2/c1-19(17(24)21-18(25)22-19)15-8-4-10-23(12-15)11-14-6-2-5-13-7-3-9-20-16(13)14/h2-3,5-7,9,15H,4,8,10-12H2,1H3,(H2,21,22,24,25)/t15-,19-/m1/s1. The molecule has 0 radical (unpaired) electrons. The van der Waals surface area contributed by atoms with Gasteiger partial charge in [-0.3, -0.25) is 20.0 Å². The lowest BCUT2D eigenvalue weighted by Crippen LogP contribution is -2.55. The first-order valence-electron chi connectivity index (χ1n) is 8.75. The second kappa shape index (κ2) is 6.11. The van der Waals surface area contributed by atoms with Crippen LogP contribution in [0.4, 0.5) is 4.79 Å². The van der Waals surface area contributed by atoms with Crippen molar-refractivity contribution in [1.82, 2.24) is 20.5 Å². The lowest BCUT2D eigenvalue weighted by atomic mass is 9.80. The van der Waals surface area contributed by atoms with Crippen LogP contribution in [0.5, 0.6) is 0 Å². The molecule has 2 N–H and O–H groups in total. The molecule has 3 amide bonds. The first-order valence-corrected chi connectivity index (χ1v) is 8.75. The number of para-hydroxylation sites is 1. The van der Waals surface area contributed by atoms with Crippen molar-refractivity contribution in [3.05, 3.63) is 42.1 Å². The van der Waals surface area contributed by atoms with E-state index in [1.54, 1.807) is 0 Å². The van der Waals surface area contributed by atoms with Crippen LogP contribution in [0.15, 0.2) is 36.5 Å². The van der Waals surface area contributed by atoms with Gasteiger partial charge in [-0.2, -0.15) is 0 Å². The van der Waals surface area contributed by atoms with E-state index in [4.69, 9.17) is 0 Å². The van der Waals surface area contributed by atoms with Crippen molar-refractivity contribution in [2.75, 3.05) is 13.1 Å². The molecule has 3 heterocycles. The van der Waals surface area contributed by atoms with Gasteiger partial charge in [0.1, 0.15) is 5.54 Å². The SMILES string of the molecule is C[C@]1([C@@H]2CCCN(Cc3cccc4cccnc34)C2)NC(=O)NC1=O. The van der Waals surface area contributed by atoms with Crippen molar-refractivity contribution >= 4 is 22.8 Å². The molecular formula is C19H22N4O2. The average Bonchev–Trinajstić information content (AvgIpc) is 2.89. The quantitative estimate of drug-likeness (QED) is 0.840. The Kier molecular flexibility index (Phi) is 3.92. The number of pyridine rings is 1. The zero-order valence-corrected chi connectivity index (χ0v) is 14.3. The van der Waals surface area contributed by atoms with Crippen molar-refractivity contribution in [1.29, 1.82) is 0 Å². The van der Waals surface area contributed by atoms with E-state index in [1.165, 1.54) is 5.56 Å². The molecule has 6 heteroatoms. The number of carbonyl (C=O) groups excluding carboxylic acids is 2. The van der Waals surface area contributed by atoms with E-state index in [1.807, 2.05) is 19.2 Å². The first-order chi connectivity index (χ1) is 12.1. The minimum absolute atomic E-state index is 0.107. The minimum atomic E-state index is -0.813. The van der Waals surface area contributed by atoms with Crippen molar-refractivity contribution in [2.45, 2.75) is 31.8 Å². The Balaban J connectivity index is 1.54. The minimum Gasteiger partial charge on any atom is -0.323 e. The van der Waals surface area contributed by atoms with E-state index in [-0.39, 0.29) is 17.9 Å². The average molecular weight is 338 g/mol. The summed E-state index contributed by atoms with van der Waals surface area (Å²) in [7, 11) is 0. The third-order valence-electron chi connectivity index (χ3n) is 5.50. The van der Waals surface area contributed by atoms with Gasteiger partial charge in [0.25, 0.3) is 5.91 Å². The third kappa shape index (κ3) is 2.87. The van der Waals surface area contributed by atoms with Crippen molar-refractivity contribution in [3.63, 3.8) is 0 Å². The number of piperidine rings is 1. The molecule has 1 aromatic carbocycles. The molecule has 2 fully saturated rings. The summed E-state index contributed by atoms with van der Waals surface area (Å²) in [5.74, 6) is -0.105. The summed E-state index contributed by atoms with van der Waals surface area (Å²) in [4.78, 5) is 30.7. The fraction of sp³-hybridized carbons (Fsp3) is 0.421. The predicted molar refractivity (Wildman–Crippen MR) is 94.8 cm³/mol. The van der Waals surface area contributed by atoms with Gasteiger partial charge < -0.3 is 5.32 Å². The summed E-state index contributed by atoms with van der Waals surface area (Å²) in [6.07, 6.45) is 3.78. The number of rotatable bonds is 3. The summed E-state index contributed by atoms with van der Waals surface area (Å²) in [6, 6.07) is 9.89. The summed E-state index contributed by atoms with van der Waals surface area (Å²) in [6.45, 7) is 4.41. The molecule has 0 bridgehead atoms. The Morgan fingerprint density at radius 1 is 1.28 bits per heavy atom. The van der Waals surface area contributed by atoms with E-state index in [0.717, 1.165) is 43.4 Å². The number of hydrogen-bond donors (Lipinski definition) is 2. The first kappa shape index (κ1) is 16.0. The number of nitrogens with one attached hydrogen (secondary N) is 2. The molecule has 2 aliphatic rings. The largest absolute Gasteiger partial charge is 0.323 e. The summed E-state index contributed by atoms with van der Waals surface area (Å²) in [5, 5.41) is 6.34. The molecule has 4 rings (SSSR count). The number of amides is 3. The maximum Gasteiger partial charge on any atom is 0.322 e. The van der Waals surface area contributed by atoms with Gasteiger partial charge in [-0.25, -0.2) is 4.79 Å². The topological polar surface area (TPSA) is 74.3 Å². The van der Waals surface area contributed by atoms with E-state index in [0.29, 0.717) is 0 Å². The van der Waals surface area contributed by atoms with Crippen LogP contribution in [-0.4, -0.2) is 40.5 Å². The Labute approximate surface area is 146 Å². The highest BCUT2D eigenvalue weighted by atomic mass is 16.2. The van der Waals surface area contributed by atoms with Gasteiger partial charge in [-0.05, 0) is 37.9 Å². The Hall–Kier alpha value is -2.47. The number of imide groups is 1. The number of carbonyl (C=O) groups is 2. The fourth-order valence-corrected chi connectivity index (χ4v) is 4.05. The van der Waals surface area contributed by atoms with E-state index >= 15 is 0 Å². The summed E-state index contributed by atoms with van der Waals surface area (Å²) < 4.78 is 0. The van der Waals surface area contributed by atoms with Crippen LogP contribution >= 0.6 is 0 Å². The summed E-state index contributed by atoms with van der Waals surface area (Å²) >= 11 is 0. The molecule has 0 spiro atoms. The number of benzene rings is 1. The van der Waals surface area contributed by atoms with Gasteiger partial charge in [0, 0.05) is 30.6 Å². The molecule has 6 nitrogen and oxygen atoms in total. The fourth-order valence-electron chi connectivity index (χ4n) is 4.05. The Bertz CT molecular complexity index is 832. The summed E-state index contributed by atoms with van der Waals surface area (Å²) in [5.41, 5.74) is 1.42. The van der Waals surface area contributed by atoms with Crippen LogP contribution in [0.1, 0.15) is 25.3 Å². The molecule has 0 unspecified atom stereocenters. The van der Waals surface area contributed by atoms with Crippen molar-refractivity contribution in [2.24, 2.45) is 5.92 Å². The number of hydrogen-bond acceptors (Lipinski definition) is 4. The van der Waals surface area contributed by atoms with Crippen LogP contribution < -0.4 is 10.6 Å². The smallest absolute Gasteiger partial charge is 0.322 e. The van der Waals surface area contributed by atoms with Crippen molar-refractivity contribution in [3.8, 4) is 0 Å². The van der Waals surface area contributed by atoms with E-state index in [2.05, 4.69) is 44.8 Å². The van der Waals surface area contributed by atoms with Gasteiger partial charge in [0.05, 0.1) is 5.52 Å². The molecule has 25 heavy (non-hydrogen) atoms. The van der Waals surface area contributed by atoms with Gasteiger partial charge in [0.2, 0.25) is 0 Å². The van der Waals surface area contributed by atoms with E-state index in [9.17, 15) is 9.59 Å². The van der Waals surface area contributed by atoms with Gasteiger partial charge in [0.15, 0.2) is 0 Å². The maximum atomic E-state index is 12.2. The number of fused-ring (bicyclic) bond motifs is 1. The van der Waals surface area contributed by atoms with Crippen molar-refractivity contribution < 1.29 is 9.59 Å². The van der Waals surface area contributed by atoms with Gasteiger partial charge in [-0.15, -0.1) is 0 Å². The molecular weight excluding hydrogens is 316 g/mol. The molecule has 2 aromatic rings. The normalized spacial score (nSPS) is 27.3. The maximum absolute atomic E-state index is 12.2. The molecule has 2 saturated heterocycles. The Morgan fingerprint density at radius 3 is 2.92 bits per heavy atom. The highest BCUT2D eigenvalue weighted by Gasteiger charge is 2.48.